The fourth-order valence-corrected chi connectivity index (χ4v) is 3.95. The lowest BCUT2D eigenvalue weighted by Gasteiger charge is -2.19. The summed E-state index contributed by atoms with van der Waals surface area (Å²) in [5, 5.41) is 6.42. The Morgan fingerprint density at radius 2 is 1.79 bits per heavy atom. The van der Waals surface area contributed by atoms with Crippen LogP contribution < -0.4 is 10.6 Å². The van der Waals surface area contributed by atoms with Gasteiger partial charge in [0, 0.05) is 22.0 Å². The molecule has 1 aliphatic heterocycles. The van der Waals surface area contributed by atoms with Crippen molar-refractivity contribution in [3.8, 4) is 0 Å². The zero-order valence-electron chi connectivity index (χ0n) is 15.3. The van der Waals surface area contributed by atoms with Gasteiger partial charge in [-0.2, -0.15) is 0 Å². The smallest absolute Gasteiger partial charge is 0.262 e. The lowest BCUT2D eigenvalue weighted by molar-refractivity contribution is -0.112. The molecule has 0 spiro atoms. The molecule has 0 saturated heterocycles. The van der Waals surface area contributed by atoms with Crippen molar-refractivity contribution in [2.45, 2.75) is 11.4 Å². The first-order valence-electron chi connectivity index (χ1n) is 9.01. The van der Waals surface area contributed by atoms with Crippen LogP contribution in [0.1, 0.15) is 21.5 Å². The first kappa shape index (κ1) is 19.3. The van der Waals surface area contributed by atoms with Crippen LogP contribution in [-0.4, -0.2) is 11.8 Å². The lowest BCUT2D eigenvalue weighted by Crippen LogP contribution is -2.23. The van der Waals surface area contributed by atoms with Crippen molar-refractivity contribution < 1.29 is 9.59 Å². The van der Waals surface area contributed by atoms with Crippen molar-refractivity contribution in [1.82, 2.24) is 5.32 Å². The molecule has 3 aromatic carbocycles. The maximum atomic E-state index is 12.5. The number of thioether (sulfide) groups is 1. The van der Waals surface area contributed by atoms with Gasteiger partial charge in [0.15, 0.2) is 0 Å². The van der Waals surface area contributed by atoms with E-state index >= 15 is 0 Å². The number of benzene rings is 3. The van der Waals surface area contributed by atoms with Crippen LogP contribution in [0.15, 0.2) is 82.6 Å². The molecule has 3 aromatic rings. The van der Waals surface area contributed by atoms with Crippen molar-refractivity contribution in [3.05, 3.63) is 99.4 Å². The van der Waals surface area contributed by atoms with Gasteiger partial charge in [-0.05, 0) is 47.5 Å². The minimum Gasteiger partial charge on any atom is -0.348 e. The number of hydrogen-bond donors (Lipinski definition) is 2. The summed E-state index contributed by atoms with van der Waals surface area (Å²) in [6, 6.07) is 22.3. The average molecular weight is 421 g/mol. The third kappa shape index (κ3) is 4.70. The topological polar surface area (TPSA) is 58.2 Å². The number of anilines is 1. The van der Waals surface area contributed by atoms with E-state index < -0.39 is 0 Å². The first-order valence-corrected chi connectivity index (χ1v) is 10.2. The zero-order valence-corrected chi connectivity index (χ0v) is 16.9. The number of fused-ring (bicyclic) bond motifs is 1. The first-order chi connectivity index (χ1) is 14.1. The Kier molecular flexibility index (Phi) is 5.69. The number of nitrogens with one attached hydrogen (secondary N) is 2. The quantitative estimate of drug-likeness (QED) is 0.559. The molecule has 4 nitrogen and oxygen atoms in total. The molecular weight excluding hydrogens is 404 g/mol. The van der Waals surface area contributed by atoms with Crippen molar-refractivity contribution in [1.29, 1.82) is 0 Å². The van der Waals surface area contributed by atoms with Crippen molar-refractivity contribution >= 4 is 46.9 Å². The van der Waals surface area contributed by atoms with Gasteiger partial charge in [-0.15, -0.1) is 0 Å². The summed E-state index contributed by atoms with van der Waals surface area (Å²) in [7, 11) is 0. The highest BCUT2D eigenvalue weighted by atomic mass is 35.5. The number of carbonyl (C=O) groups is 2. The van der Waals surface area contributed by atoms with E-state index in [2.05, 4.69) is 10.6 Å². The van der Waals surface area contributed by atoms with Gasteiger partial charge >= 0.3 is 0 Å². The lowest BCUT2D eigenvalue weighted by atomic mass is 10.1. The monoisotopic (exact) mass is 420 g/mol. The summed E-state index contributed by atoms with van der Waals surface area (Å²) in [4.78, 5) is 26.5. The second-order valence-corrected chi connectivity index (χ2v) is 8.02. The maximum absolute atomic E-state index is 12.5. The molecule has 1 heterocycles. The van der Waals surface area contributed by atoms with Crippen LogP contribution in [0, 0.1) is 0 Å². The number of hydrogen-bond acceptors (Lipinski definition) is 3. The molecule has 0 fully saturated rings. The molecule has 0 saturated carbocycles. The highest BCUT2D eigenvalue weighted by Crippen LogP contribution is 2.39. The molecule has 29 heavy (non-hydrogen) atoms. The van der Waals surface area contributed by atoms with Gasteiger partial charge in [0.2, 0.25) is 0 Å². The zero-order chi connectivity index (χ0) is 20.2. The predicted octanol–water partition coefficient (Wildman–Crippen LogP) is 5.36. The summed E-state index contributed by atoms with van der Waals surface area (Å²) in [6.07, 6.45) is 1.86. The maximum Gasteiger partial charge on any atom is 0.262 e. The molecule has 6 heteroatoms. The van der Waals surface area contributed by atoms with Crippen LogP contribution in [-0.2, 0) is 11.3 Å². The summed E-state index contributed by atoms with van der Waals surface area (Å²) in [6.45, 7) is 0.401. The average Bonchev–Trinajstić information content (AvgIpc) is 2.74. The minimum absolute atomic E-state index is 0.176. The van der Waals surface area contributed by atoms with Gasteiger partial charge in [-0.3, -0.25) is 9.59 Å². The van der Waals surface area contributed by atoms with E-state index in [1.54, 1.807) is 24.3 Å². The Morgan fingerprint density at radius 3 is 2.55 bits per heavy atom. The molecular formula is C23H17ClN2O2S. The molecule has 0 unspecified atom stereocenters. The van der Waals surface area contributed by atoms with E-state index in [1.165, 1.54) is 11.8 Å². The highest BCUT2D eigenvalue weighted by Gasteiger charge is 2.22. The van der Waals surface area contributed by atoms with Gasteiger partial charge in [-0.1, -0.05) is 65.8 Å². The van der Waals surface area contributed by atoms with Gasteiger partial charge in [-0.25, -0.2) is 0 Å². The largest absolute Gasteiger partial charge is 0.348 e. The predicted molar refractivity (Wildman–Crippen MR) is 118 cm³/mol. The molecule has 0 aliphatic carbocycles. The van der Waals surface area contributed by atoms with Gasteiger partial charge in [0.05, 0.1) is 10.6 Å². The Morgan fingerprint density at radius 1 is 1.03 bits per heavy atom. The van der Waals surface area contributed by atoms with Crippen LogP contribution in [0.3, 0.4) is 0 Å². The normalized spacial score (nSPS) is 14.2. The molecule has 0 atom stereocenters. The third-order valence-corrected chi connectivity index (χ3v) is 5.75. The van der Waals surface area contributed by atoms with Gasteiger partial charge in [0.1, 0.15) is 0 Å². The second-order valence-electron chi connectivity index (χ2n) is 6.50. The molecule has 0 aromatic heterocycles. The van der Waals surface area contributed by atoms with E-state index in [0.717, 1.165) is 16.0 Å². The van der Waals surface area contributed by atoms with Gasteiger partial charge in [0.25, 0.3) is 11.8 Å². The van der Waals surface area contributed by atoms with Crippen LogP contribution >= 0.6 is 23.4 Å². The van der Waals surface area contributed by atoms with E-state index in [9.17, 15) is 9.59 Å². The number of amides is 2. The SMILES string of the molecule is O=C1Nc2cc(C(=O)NCc3ccc(Cl)cc3)ccc2SC1=Cc1ccccc1. The molecule has 4 rings (SSSR count). The Hall–Kier alpha value is -3.02. The molecule has 2 amide bonds. The van der Waals surface area contributed by atoms with E-state index in [-0.39, 0.29) is 11.8 Å². The third-order valence-electron chi connectivity index (χ3n) is 4.40. The van der Waals surface area contributed by atoms with Crippen LogP contribution in [0.4, 0.5) is 5.69 Å². The van der Waals surface area contributed by atoms with Crippen LogP contribution in [0.25, 0.3) is 6.08 Å². The van der Waals surface area contributed by atoms with E-state index in [1.807, 2.05) is 54.6 Å². The number of rotatable bonds is 4. The molecule has 2 N–H and O–H groups in total. The summed E-state index contributed by atoms with van der Waals surface area (Å²) < 4.78 is 0. The van der Waals surface area contributed by atoms with E-state index in [0.29, 0.717) is 27.7 Å². The fourth-order valence-electron chi connectivity index (χ4n) is 2.89. The number of halogens is 1. The Balaban J connectivity index is 1.47. The molecule has 144 valence electrons. The van der Waals surface area contributed by atoms with E-state index in [4.69, 9.17) is 11.6 Å². The fraction of sp³-hybridized carbons (Fsp3) is 0.0435. The van der Waals surface area contributed by atoms with Crippen LogP contribution in [0.5, 0.6) is 0 Å². The number of carbonyl (C=O) groups excluding carboxylic acids is 2. The summed E-state index contributed by atoms with van der Waals surface area (Å²) in [5.74, 6) is -0.377. The second kappa shape index (κ2) is 8.55. The van der Waals surface area contributed by atoms with Gasteiger partial charge < -0.3 is 10.6 Å². The van der Waals surface area contributed by atoms with Crippen molar-refractivity contribution in [2.75, 3.05) is 5.32 Å². The molecule has 0 radical (unpaired) electrons. The molecule has 1 aliphatic rings. The summed E-state index contributed by atoms with van der Waals surface area (Å²) in [5.41, 5.74) is 3.06. The Bertz CT molecular complexity index is 1100. The summed E-state index contributed by atoms with van der Waals surface area (Å²) >= 11 is 7.27. The standard InChI is InChI=1S/C23H17ClN2O2S/c24-18-9-6-16(7-10-18)14-25-22(27)17-8-11-20-19(13-17)26-23(28)21(29-20)12-15-4-2-1-3-5-15/h1-13H,14H2,(H,25,27)(H,26,28). The molecule has 0 bridgehead atoms. The van der Waals surface area contributed by atoms with Crippen molar-refractivity contribution in [2.24, 2.45) is 0 Å². The minimum atomic E-state index is -0.201. The van der Waals surface area contributed by atoms with Crippen molar-refractivity contribution in [3.63, 3.8) is 0 Å². The Labute approximate surface area is 178 Å². The van der Waals surface area contributed by atoms with Crippen LogP contribution in [0.2, 0.25) is 5.02 Å². The highest BCUT2D eigenvalue weighted by molar-refractivity contribution is 8.04.